The summed E-state index contributed by atoms with van der Waals surface area (Å²) in [5.74, 6) is -0.833. The summed E-state index contributed by atoms with van der Waals surface area (Å²) in [5.41, 5.74) is 0. The van der Waals surface area contributed by atoms with Gasteiger partial charge in [0.05, 0.1) is 0 Å². The molecule has 0 amide bonds. The molecule has 0 bridgehead atoms. The molecule has 10 nitrogen and oxygen atoms in total. The van der Waals surface area contributed by atoms with Gasteiger partial charge >= 0.3 is 10.4 Å². The molecule has 0 aliphatic heterocycles. The highest BCUT2D eigenvalue weighted by Gasteiger charge is 1.84. The molecule has 0 spiro atoms. The second-order valence-electron chi connectivity index (χ2n) is 1.20. The van der Waals surface area contributed by atoms with Crippen molar-refractivity contribution in [3.63, 3.8) is 0 Å². The Hall–Kier alpha value is -0.500. The normalized spacial score (nSPS) is 7.13. The van der Waals surface area contributed by atoms with E-state index in [1.165, 1.54) is 0 Å². The van der Waals surface area contributed by atoms with Gasteiger partial charge in [-0.1, -0.05) is 0 Å². The fourth-order valence-corrected chi connectivity index (χ4v) is 0. The molecule has 0 aliphatic rings. The van der Waals surface area contributed by atoms with Crippen molar-refractivity contribution >= 4 is 50.3 Å². The highest BCUT2D eigenvalue weighted by Crippen LogP contribution is 1.59. The van der Waals surface area contributed by atoms with Crippen molar-refractivity contribution in [2.75, 3.05) is 0 Å². The van der Waals surface area contributed by atoms with Crippen molar-refractivity contribution < 1.29 is 37.7 Å². The molecule has 0 radical (unpaired) electrons. The van der Waals surface area contributed by atoms with E-state index in [0.717, 1.165) is 6.92 Å². The van der Waals surface area contributed by atoms with Gasteiger partial charge in [-0.15, -0.1) is 44.1 Å². The molecule has 0 unspecified atom stereocenters. The lowest BCUT2D eigenvalue weighted by Crippen LogP contribution is -1.89. The number of rotatable bonds is 0. The van der Waals surface area contributed by atoms with E-state index in [0.29, 0.717) is 0 Å². The van der Waals surface area contributed by atoms with Crippen molar-refractivity contribution in [3.05, 3.63) is 10.1 Å². The number of carboxylic acid groups (broad SMARTS) is 1. The first kappa shape index (κ1) is 29.3. The zero-order valence-corrected chi connectivity index (χ0v) is 11.2. The minimum absolute atomic E-state index is 0. The van der Waals surface area contributed by atoms with Gasteiger partial charge in [0.2, 0.25) is 0 Å². The Labute approximate surface area is 105 Å². The van der Waals surface area contributed by atoms with E-state index in [-0.39, 0.29) is 34.0 Å². The van der Waals surface area contributed by atoms with Gasteiger partial charge in [-0.3, -0.25) is 13.9 Å². The van der Waals surface area contributed by atoms with Crippen LogP contribution in [0.15, 0.2) is 0 Å². The van der Waals surface area contributed by atoms with Crippen LogP contribution in [-0.4, -0.2) is 38.9 Å². The molecule has 0 aromatic heterocycles. The number of carbonyl (C=O) groups is 1. The summed E-state index contributed by atoms with van der Waals surface area (Å²) in [5, 5.41) is 21.1. The van der Waals surface area contributed by atoms with Crippen LogP contribution in [0, 0.1) is 10.1 Å². The molecule has 0 saturated carbocycles. The van der Waals surface area contributed by atoms with Crippen LogP contribution in [0.4, 0.5) is 0 Å². The van der Waals surface area contributed by atoms with Crippen molar-refractivity contribution in [2.45, 2.75) is 6.92 Å². The van der Waals surface area contributed by atoms with Crippen LogP contribution in [0.2, 0.25) is 0 Å². The maximum atomic E-state index is 9.00. The number of hydrogen-bond acceptors (Lipinski definition) is 5. The lowest BCUT2D eigenvalue weighted by molar-refractivity contribution is -0.742. The van der Waals surface area contributed by atoms with E-state index < -0.39 is 21.5 Å². The molecule has 0 heterocycles. The Morgan fingerprint density at radius 1 is 1.27 bits per heavy atom. The van der Waals surface area contributed by atoms with Gasteiger partial charge < -0.3 is 10.3 Å². The monoisotopic (exact) mass is 381 g/mol. The van der Waals surface area contributed by atoms with Crippen LogP contribution in [-0.2, 0) is 15.2 Å². The van der Waals surface area contributed by atoms with Gasteiger partial charge in [-0.05, 0) is 0 Å². The van der Waals surface area contributed by atoms with Crippen LogP contribution in [0.5, 0.6) is 0 Å². The molecule has 0 atom stereocenters. The Balaban J connectivity index is -0.0000000315. The van der Waals surface area contributed by atoms with E-state index in [4.69, 9.17) is 42.7 Å². The summed E-state index contributed by atoms with van der Waals surface area (Å²) in [6.45, 7) is 1.08. The smallest absolute Gasteiger partial charge is 0.394 e. The predicted molar refractivity (Wildman–Crippen MR) is 56.9 cm³/mol. The average Bonchev–Trinajstić information content (AvgIpc) is 1.50. The highest BCUT2D eigenvalue weighted by molar-refractivity contribution is 8.93. The second kappa shape index (κ2) is 15.9. The summed E-state index contributed by atoms with van der Waals surface area (Å²) in [4.78, 5) is 17.4. The van der Waals surface area contributed by atoms with Gasteiger partial charge in [0.15, 0.2) is 0 Å². The summed E-state index contributed by atoms with van der Waals surface area (Å²) < 4.78 is 31.6. The first-order valence-electron chi connectivity index (χ1n) is 2.19. The first-order chi connectivity index (χ1) is 5.46. The van der Waals surface area contributed by atoms with Gasteiger partial charge in [0.25, 0.3) is 11.1 Å². The highest BCUT2D eigenvalue weighted by atomic mass is 79.9. The Kier molecular flexibility index (Phi) is 31.1. The van der Waals surface area contributed by atoms with Crippen LogP contribution in [0.25, 0.3) is 0 Å². The number of hydrogen-bond donors (Lipinski definition) is 4. The largest absolute Gasteiger partial charge is 0.481 e. The summed E-state index contributed by atoms with van der Waals surface area (Å²) in [6, 6.07) is 0. The summed E-state index contributed by atoms with van der Waals surface area (Å²) >= 11 is 0. The molecule has 0 aromatic carbocycles. The number of aliphatic carboxylic acids is 1. The van der Waals surface area contributed by atoms with Gasteiger partial charge in [-0.25, -0.2) is 0 Å². The maximum absolute atomic E-state index is 9.00. The van der Waals surface area contributed by atoms with Crippen LogP contribution >= 0.6 is 34.0 Å². The van der Waals surface area contributed by atoms with Crippen molar-refractivity contribution in [1.29, 1.82) is 0 Å². The van der Waals surface area contributed by atoms with Crippen molar-refractivity contribution in [2.24, 2.45) is 0 Å². The van der Waals surface area contributed by atoms with Crippen LogP contribution in [0.3, 0.4) is 0 Å². The van der Waals surface area contributed by atoms with E-state index in [1.807, 2.05) is 0 Å². The van der Waals surface area contributed by atoms with E-state index in [1.54, 1.807) is 0 Å². The van der Waals surface area contributed by atoms with Gasteiger partial charge in [-0.2, -0.15) is 8.42 Å². The van der Waals surface area contributed by atoms with Crippen LogP contribution < -0.4 is 0 Å². The average molecular weight is 383 g/mol. The third-order valence-corrected chi connectivity index (χ3v) is 0. The lowest BCUT2D eigenvalue weighted by Gasteiger charge is -1.68. The SMILES string of the molecule is Br.Br.CC(=O)O.O=S(=O)(O)O.O=[N+]([O-])O. The molecular formula is C2H9Br2NO9S. The number of nitrogens with zero attached hydrogens (tertiary/aromatic N) is 1. The zero-order chi connectivity index (χ0) is 11.7. The van der Waals surface area contributed by atoms with Crippen LogP contribution in [0.1, 0.15) is 6.92 Å². The molecule has 0 aliphatic carbocycles. The Bertz CT molecular complexity index is 221. The topological polar surface area (TPSA) is 175 Å². The molecule has 0 saturated heterocycles. The zero-order valence-electron chi connectivity index (χ0n) is 7.00. The van der Waals surface area contributed by atoms with E-state index >= 15 is 0 Å². The number of carboxylic acids is 1. The molecule has 4 N–H and O–H groups in total. The molecule has 0 fully saturated rings. The third-order valence-electron chi connectivity index (χ3n) is 0. The van der Waals surface area contributed by atoms with Crippen molar-refractivity contribution in [3.8, 4) is 0 Å². The molecular weight excluding hydrogens is 374 g/mol. The standard InChI is InChI=1S/C2H4O2.2BrH.HNO3.H2O4S/c1-2(3)4;;;2-1(3)4;1-5(2,3)4/h1H3,(H,3,4);2*1H;(H,2,3,4);(H2,1,2,3,4). The quantitative estimate of drug-likeness (QED) is 0.259. The number of halogens is 2. The fraction of sp³-hybridized carbons (Fsp3) is 0.500. The molecule has 0 rings (SSSR count). The maximum Gasteiger partial charge on any atom is 0.394 e. The molecule has 15 heavy (non-hydrogen) atoms. The summed E-state index contributed by atoms with van der Waals surface area (Å²) in [7, 11) is -4.67. The molecule has 96 valence electrons. The Morgan fingerprint density at radius 2 is 1.27 bits per heavy atom. The molecule has 13 heteroatoms. The Morgan fingerprint density at radius 3 is 1.27 bits per heavy atom. The summed E-state index contributed by atoms with van der Waals surface area (Å²) in [6.07, 6.45) is 0. The van der Waals surface area contributed by atoms with Crippen molar-refractivity contribution in [1.82, 2.24) is 0 Å². The fourth-order valence-electron chi connectivity index (χ4n) is 0. The third kappa shape index (κ3) is 7140. The van der Waals surface area contributed by atoms with Gasteiger partial charge in [0.1, 0.15) is 0 Å². The van der Waals surface area contributed by atoms with Gasteiger partial charge in [0, 0.05) is 6.92 Å². The minimum Gasteiger partial charge on any atom is -0.481 e. The van der Waals surface area contributed by atoms with E-state index in [2.05, 4.69) is 0 Å². The second-order valence-corrected chi connectivity index (χ2v) is 2.10. The first-order valence-corrected chi connectivity index (χ1v) is 3.59. The lowest BCUT2D eigenvalue weighted by atomic mass is 10.9. The minimum atomic E-state index is -4.67. The van der Waals surface area contributed by atoms with E-state index in [9.17, 15) is 0 Å². The predicted octanol–water partition coefficient (Wildman–Crippen LogP) is 0.246. The molecule has 0 aromatic rings.